The smallest absolute Gasteiger partial charge is 0.234 e. The fourth-order valence-electron chi connectivity index (χ4n) is 1.96. The quantitative estimate of drug-likeness (QED) is 0.703. The molecule has 1 aromatic heterocycles. The zero-order valence-corrected chi connectivity index (χ0v) is 11.5. The number of nitrogens with one attached hydrogen (secondary N) is 2. The minimum atomic E-state index is 0.0363. The van der Waals surface area contributed by atoms with E-state index in [9.17, 15) is 4.79 Å². The lowest BCUT2D eigenvalue weighted by Crippen LogP contribution is -2.37. The second-order valence-corrected chi connectivity index (χ2v) is 5.53. The normalized spacial score (nSPS) is 16.5. The minimum absolute atomic E-state index is 0.0363. The molecule has 1 heterocycles. The maximum absolute atomic E-state index is 11.6. The van der Waals surface area contributed by atoms with Crippen LogP contribution in [-0.2, 0) is 9.53 Å². The predicted octanol–water partition coefficient (Wildman–Crippen LogP) is 1.55. The van der Waals surface area contributed by atoms with Crippen molar-refractivity contribution in [3.8, 4) is 0 Å². The molecule has 1 fully saturated rings. The molecular formula is C13H20N2O2S. The number of hydrogen-bond acceptors (Lipinski definition) is 4. The van der Waals surface area contributed by atoms with Crippen LogP contribution in [0.2, 0.25) is 0 Å². The second kappa shape index (κ2) is 6.87. The van der Waals surface area contributed by atoms with E-state index in [-0.39, 0.29) is 5.91 Å². The van der Waals surface area contributed by atoms with E-state index in [1.807, 2.05) is 0 Å². The van der Waals surface area contributed by atoms with Gasteiger partial charge in [-0.15, -0.1) is 11.3 Å². The predicted molar refractivity (Wildman–Crippen MR) is 72.7 cm³/mol. The summed E-state index contributed by atoms with van der Waals surface area (Å²) in [6.07, 6.45) is 2.53. The van der Waals surface area contributed by atoms with Crippen LogP contribution < -0.4 is 10.6 Å². The molecule has 1 amide bonds. The third-order valence-corrected chi connectivity index (χ3v) is 4.01. The van der Waals surface area contributed by atoms with Gasteiger partial charge in [0.25, 0.3) is 0 Å². The molecule has 0 bridgehead atoms. The van der Waals surface area contributed by atoms with Gasteiger partial charge in [-0.3, -0.25) is 4.79 Å². The Kier molecular flexibility index (Phi) is 5.16. The Labute approximate surface area is 112 Å². The van der Waals surface area contributed by atoms with Crippen LogP contribution >= 0.6 is 11.3 Å². The van der Waals surface area contributed by atoms with Crippen molar-refractivity contribution >= 4 is 17.2 Å². The van der Waals surface area contributed by atoms with E-state index in [0.29, 0.717) is 31.7 Å². The van der Waals surface area contributed by atoms with E-state index in [2.05, 4.69) is 28.1 Å². The van der Waals surface area contributed by atoms with Gasteiger partial charge in [0, 0.05) is 24.6 Å². The fourth-order valence-corrected chi connectivity index (χ4v) is 2.85. The molecule has 0 spiro atoms. The highest BCUT2D eigenvalue weighted by atomic mass is 32.1. The van der Waals surface area contributed by atoms with Gasteiger partial charge in [-0.25, -0.2) is 0 Å². The monoisotopic (exact) mass is 268 g/mol. The summed E-state index contributed by atoms with van der Waals surface area (Å²) in [6.45, 7) is 1.51. The van der Waals surface area contributed by atoms with Gasteiger partial charge in [-0.2, -0.15) is 0 Å². The Balaban J connectivity index is 1.75. The average Bonchev–Trinajstić information content (AvgIpc) is 3.05. The van der Waals surface area contributed by atoms with E-state index >= 15 is 0 Å². The number of thiophene rings is 1. The molecule has 0 aromatic carbocycles. The van der Waals surface area contributed by atoms with Crippen molar-refractivity contribution in [2.45, 2.75) is 18.9 Å². The largest absolute Gasteiger partial charge is 0.383 e. The van der Waals surface area contributed by atoms with Gasteiger partial charge in [0.1, 0.15) is 0 Å². The lowest BCUT2D eigenvalue weighted by Gasteiger charge is -2.16. The van der Waals surface area contributed by atoms with Gasteiger partial charge >= 0.3 is 0 Å². The van der Waals surface area contributed by atoms with E-state index in [0.717, 1.165) is 0 Å². The molecule has 0 radical (unpaired) electrons. The Hall–Kier alpha value is -0.910. The highest BCUT2D eigenvalue weighted by Gasteiger charge is 2.32. The molecule has 1 aromatic rings. The summed E-state index contributed by atoms with van der Waals surface area (Å²) in [6, 6.07) is 4.55. The van der Waals surface area contributed by atoms with Crippen LogP contribution in [0.5, 0.6) is 0 Å². The zero-order valence-electron chi connectivity index (χ0n) is 10.6. The number of ether oxygens (including phenoxy) is 1. The van der Waals surface area contributed by atoms with Crippen LogP contribution in [0.15, 0.2) is 17.5 Å². The van der Waals surface area contributed by atoms with E-state index in [1.165, 1.54) is 17.7 Å². The standard InChI is InChI=1S/C13H20N2O2S/c1-17-7-6-14-12(16)9-15-13(10-4-5-10)11-3-2-8-18-11/h2-3,8,10,13,15H,4-7,9H2,1H3,(H,14,16). The molecular weight excluding hydrogens is 248 g/mol. The highest BCUT2D eigenvalue weighted by Crippen LogP contribution is 2.42. The second-order valence-electron chi connectivity index (χ2n) is 4.55. The molecule has 1 atom stereocenters. The van der Waals surface area contributed by atoms with Crippen LogP contribution in [0.1, 0.15) is 23.8 Å². The summed E-state index contributed by atoms with van der Waals surface area (Å²) in [5.74, 6) is 0.740. The molecule has 18 heavy (non-hydrogen) atoms. The maximum Gasteiger partial charge on any atom is 0.234 e. The average molecular weight is 268 g/mol. The topological polar surface area (TPSA) is 50.4 Å². The molecule has 4 nitrogen and oxygen atoms in total. The lowest BCUT2D eigenvalue weighted by molar-refractivity contribution is -0.120. The zero-order chi connectivity index (χ0) is 12.8. The Morgan fingerprint density at radius 2 is 2.44 bits per heavy atom. The van der Waals surface area contributed by atoms with Gasteiger partial charge in [-0.05, 0) is 30.2 Å². The van der Waals surface area contributed by atoms with E-state index in [4.69, 9.17) is 4.74 Å². The van der Waals surface area contributed by atoms with Gasteiger partial charge < -0.3 is 15.4 Å². The Morgan fingerprint density at radius 3 is 3.06 bits per heavy atom. The molecule has 100 valence electrons. The molecule has 0 aliphatic heterocycles. The third kappa shape index (κ3) is 4.08. The number of methoxy groups -OCH3 is 1. The van der Waals surface area contributed by atoms with Crippen molar-refractivity contribution in [2.24, 2.45) is 5.92 Å². The summed E-state index contributed by atoms with van der Waals surface area (Å²) >= 11 is 1.76. The molecule has 5 heteroatoms. The Bertz CT molecular complexity index is 363. The van der Waals surface area contributed by atoms with Crippen molar-refractivity contribution in [1.82, 2.24) is 10.6 Å². The first-order valence-electron chi connectivity index (χ1n) is 6.33. The number of carbonyl (C=O) groups is 1. The minimum Gasteiger partial charge on any atom is -0.383 e. The third-order valence-electron chi connectivity index (χ3n) is 3.05. The highest BCUT2D eigenvalue weighted by molar-refractivity contribution is 7.10. The van der Waals surface area contributed by atoms with Crippen molar-refractivity contribution in [2.75, 3.05) is 26.8 Å². The fraction of sp³-hybridized carbons (Fsp3) is 0.615. The maximum atomic E-state index is 11.6. The summed E-state index contributed by atoms with van der Waals surface area (Å²) in [5.41, 5.74) is 0. The summed E-state index contributed by atoms with van der Waals surface area (Å²) in [7, 11) is 1.63. The summed E-state index contributed by atoms with van der Waals surface area (Å²) < 4.78 is 4.89. The number of carbonyl (C=O) groups excluding carboxylic acids is 1. The SMILES string of the molecule is COCCNC(=O)CNC(c1cccs1)C1CC1. The molecule has 2 N–H and O–H groups in total. The first-order chi connectivity index (χ1) is 8.81. The molecule has 1 aliphatic rings. The van der Waals surface area contributed by atoms with Crippen LogP contribution in [-0.4, -0.2) is 32.7 Å². The van der Waals surface area contributed by atoms with Crippen LogP contribution in [0.3, 0.4) is 0 Å². The van der Waals surface area contributed by atoms with Gasteiger partial charge in [0.15, 0.2) is 0 Å². The van der Waals surface area contributed by atoms with Gasteiger partial charge in [-0.1, -0.05) is 6.07 Å². The van der Waals surface area contributed by atoms with E-state index in [1.54, 1.807) is 18.4 Å². The summed E-state index contributed by atoms with van der Waals surface area (Å²) in [4.78, 5) is 12.9. The summed E-state index contributed by atoms with van der Waals surface area (Å²) in [5, 5.41) is 8.28. The number of amides is 1. The van der Waals surface area contributed by atoms with Gasteiger partial charge in [0.05, 0.1) is 13.2 Å². The van der Waals surface area contributed by atoms with Crippen LogP contribution in [0.25, 0.3) is 0 Å². The van der Waals surface area contributed by atoms with Crippen molar-refractivity contribution in [3.63, 3.8) is 0 Å². The van der Waals surface area contributed by atoms with Crippen LogP contribution in [0, 0.1) is 5.92 Å². The van der Waals surface area contributed by atoms with Crippen molar-refractivity contribution < 1.29 is 9.53 Å². The molecule has 1 aliphatic carbocycles. The van der Waals surface area contributed by atoms with Crippen LogP contribution in [0.4, 0.5) is 0 Å². The van der Waals surface area contributed by atoms with Crippen molar-refractivity contribution in [3.05, 3.63) is 22.4 Å². The molecule has 2 rings (SSSR count). The lowest BCUT2D eigenvalue weighted by atomic mass is 10.1. The Morgan fingerprint density at radius 1 is 1.61 bits per heavy atom. The van der Waals surface area contributed by atoms with E-state index < -0.39 is 0 Å². The first kappa shape index (κ1) is 13.5. The van der Waals surface area contributed by atoms with Gasteiger partial charge in [0.2, 0.25) is 5.91 Å². The molecule has 1 saturated carbocycles. The first-order valence-corrected chi connectivity index (χ1v) is 7.21. The number of hydrogen-bond donors (Lipinski definition) is 2. The molecule has 1 unspecified atom stereocenters. The molecule has 0 saturated heterocycles. The number of rotatable bonds is 8. The van der Waals surface area contributed by atoms with Crippen molar-refractivity contribution in [1.29, 1.82) is 0 Å².